The Morgan fingerprint density at radius 3 is 2.09 bits per heavy atom. The molecule has 6 rings (SSSR count). The molecule has 9 heteroatoms. The monoisotopic (exact) mass is 607 g/mol. The van der Waals surface area contributed by atoms with Gasteiger partial charge in [0.15, 0.2) is 17.3 Å². The van der Waals surface area contributed by atoms with Gasteiger partial charge in [0.05, 0.1) is 31.9 Å². The molecule has 0 bridgehead atoms. The van der Waals surface area contributed by atoms with Crippen LogP contribution in [0.15, 0.2) is 108 Å². The highest BCUT2D eigenvalue weighted by Crippen LogP contribution is 2.51. The molecule has 44 heavy (non-hydrogen) atoms. The maximum Gasteiger partial charge on any atom is 0.283 e. The van der Waals surface area contributed by atoms with Gasteiger partial charge < -0.3 is 19.5 Å². The first kappa shape index (κ1) is 29.1. The van der Waals surface area contributed by atoms with Crippen LogP contribution < -0.4 is 19.5 Å². The molecular formula is C35H33N3O5S. The number of aryl methyl sites for hydroxylation is 1. The Morgan fingerprint density at radius 2 is 1.45 bits per heavy atom. The van der Waals surface area contributed by atoms with Crippen molar-refractivity contribution in [2.75, 3.05) is 26.6 Å². The third-order valence-corrected chi connectivity index (χ3v) is 9.65. The average Bonchev–Trinajstić information content (AvgIpc) is 3.42. The van der Waals surface area contributed by atoms with Crippen LogP contribution >= 0.6 is 0 Å². The molecule has 0 amide bonds. The molecule has 0 radical (unpaired) electrons. The van der Waals surface area contributed by atoms with Crippen LogP contribution in [0.25, 0.3) is 6.08 Å². The van der Waals surface area contributed by atoms with Crippen LogP contribution in [0, 0.1) is 6.92 Å². The first-order valence-electron chi connectivity index (χ1n) is 14.1. The third kappa shape index (κ3) is 4.89. The standard InChI is InChI=1S/C35H33N3O5S/c1-24-15-17-27(18-16-24)44(39,40)38-30-23-35(25-11-7-5-8-12-25,29-19-20-31(41-2)33(43-4)32(29)42-3)22-21-28(30)34(37-38)36-26-13-9-6-10-14-26/h5-22H,23H2,1-4H3,(H,36,37). The van der Waals surface area contributed by atoms with Crippen LogP contribution in [0.2, 0.25) is 0 Å². The van der Waals surface area contributed by atoms with E-state index in [9.17, 15) is 8.42 Å². The molecule has 1 aliphatic carbocycles. The lowest BCUT2D eigenvalue weighted by Gasteiger charge is -2.36. The van der Waals surface area contributed by atoms with Crippen molar-refractivity contribution in [3.05, 3.63) is 131 Å². The molecule has 1 atom stereocenters. The van der Waals surface area contributed by atoms with Gasteiger partial charge in [0.1, 0.15) is 0 Å². The third-order valence-electron chi connectivity index (χ3n) is 8.03. The first-order chi connectivity index (χ1) is 21.3. The number of rotatable bonds is 9. The molecule has 224 valence electrons. The lowest BCUT2D eigenvalue weighted by molar-refractivity contribution is 0.319. The van der Waals surface area contributed by atoms with Crippen molar-refractivity contribution in [1.29, 1.82) is 0 Å². The highest BCUT2D eigenvalue weighted by atomic mass is 32.2. The van der Waals surface area contributed by atoms with Gasteiger partial charge in [0, 0.05) is 28.7 Å². The second kappa shape index (κ2) is 11.6. The number of para-hydroxylation sites is 1. The second-order valence-electron chi connectivity index (χ2n) is 10.6. The fourth-order valence-corrected chi connectivity index (χ4v) is 7.14. The number of allylic oxidation sites excluding steroid dienone is 1. The maximum atomic E-state index is 14.3. The molecule has 1 N–H and O–H groups in total. The van der Waals surface area contributed by atoms with Crippen molar-refractivity contribution < 1.29 is 22.6 Å². The molecule has 1 unspecified atom stereocenters. The predicted molar refractivity (Wildman–Crippen MR) is 172 cm³/mol. The van der Waals surface area contributed by atoms with Crippen molar-refractivity contribution in [1.82, 2.24) is 9.19 Å². The van der Waals surface area contributed by atoms with E-state index in [4.69, 9.17) is 19.3 Å². The van der Waals surface area contributed by atoms with E-state index in [1.807, 2.05) is 85.8 Å². The Hall–Kier alpha value is -5.02. The van der Waals surface area contributed by atoms with Gasteiger partial charge >= 0.3 is 0 Å². The van der Waals surface area contributed by atoms with E-state index in [0.717, 1.165) is 22.4 Å². The highest BCUT2D eigenvalue weighted by Gasteiger charge is 2.42. The van der Waals surface area contributed by atoms with Crippen molar-refractivity contribution >= 4 is 27.6 Å². The Balaban J connectivity index is 1.61. The number of ether oxygens (including phenoxy) is 3. The Bertz CT molecular complexity index is 1940. The summed E-state index contributed by atoms with van der Waals surface area (Å²) >= 11 is 0. The number of hydrogen-bond acceptors (Lipinski definition) is 7. The lowest BCUT2D eigenvalue weighted by Crippen LogP contribution is -2.33. The normalized spacial score (nSPS) is 15.8. The fourth-order valence-electron chi connectivity index (χ4n) is 5.82. The molecule has 0 saturated heterocycles. The number of anilines is 2. The number of aromatic nitrogens is 2. The van der Waals surface area contributed by atoms with Gasteiger partial charge in [-0.3, -0.25) is 0 Å². The molecular weight excluding hydrogens is 574 g/mol. The van der Waals surface area contributed by atoms with Crippen molar-refractivity contribution in [3.63, 3.8) is 0 Å². The van der Waals surface area contributed by atoms with E-state index < -0.39 is 15.4 Å². The molecule has 1 aliphatic rings. The van der Waals surface area contributed by atoms with Crippen LogP contribution in [0.1, 0.15) is 27.9 Å². The number of fused-ring (bicyclic) bond motifs is 1. The van der Waals surface area contributed by atoms with Crippen LogP contribution in [-0.4, -0.2) is 38.9 Å². The molecule has 1 heterocycles. The Labute approximate surface area is 257 Å². The molecule has 8 nitrogen and oxygen atoms in total. The summed E-state index contributed by atoms with van der Waals surface area (Å²) in [5.74, 6) is 1.92. The van der Waals surface area contributed by atoms with Gasteiger partial charge in [-0.25, -0.2) is 0 Å². The summed E-state index contributed by atoms with van der Waals surface area (Å²) in [6.07, 6.45) is 4.31. The Morgan fingerprint density at radius 1 is 0.795 bits per heavy atom. The Kier molecular flexibility index (Phi) is 7.65. The molecule has 0 saturated carbocycles. The fraction of sp³-hybridized carbons (Fsp3) is 0.171. The summed E-state index contributed by atoms with van der Waals surface area (Å²) < 4.78 is 47.0. The first-order valence-corrected chi connectivity index (χ1v) is 15.6. The maximum absolute atomic E-state index is 14.3. The smallest absolute Gasteiger partial charge is 0.283 e. The quantitative estimate of drug-likeness (QED) is 0.198. The second-order valence-corrected chi connectivity index (χ2v) is 12.4. The lowest BCUT2D eigenvalue weighted by atomic mass is 9.68. The minimum atomic E-state index is -4.07. The minimum Gasteiger partial charge on any atom is -0.493 e. The molecule has 4 aromatic carbocycles. The van der Waals surface area contributed by atoms with Gasteiger partial charge in [0.2, 0.25) is 5.75 Å². The van der Waals surface area contributed by atoms with E-state index >= 15 is 0 Å². The largest absolute Gasteiger partial charge is 0.493 e. The molecule has 5 aromatic rings. The van der Waals surface area contributed by atoms with E-state index in [1.54, 1.807) is 45.6 Å². The summed E-state index contributed by atoms with van der Waals surface area (Å²) in [6.45, 7) is 1.92. The minimum absolute atomic E-state index is 0.156. The SMILES string of the molecule is COc1ccc(C2(c3ccccc3)C=Cc3c(Nc4ccccc4)nn(S(=O)(=O)c4ccc(C)cc4)c3C2)c(OC)c1OC. The highest BCUT2D eigenvalue weighted by molar-refractivity contribution is 7.89. The summed E-state index contributed by atoms with van der Waals surface area (Å²) in [7, 11) is 0.666. The number of nitrogens with one attached hydrogen (secondary N) is 1. The van der Waals surface area contributed by atoms with Crippen LogP contribution in [0.3, 0.4) is 0 Å². The van der Waals surface area contributed by atoms with Crippen LogP contribution in [0.4, 0.5) is 11.5 Å². The topological polar surface area (TPSA) is 91.7 Å². The summed E-state index contributed by atoms with van der Waals surface area (Å²) in [6, 6.07) is 30.1. The summed E-state index contributed by atoms with van der Waals surface area (Å²) in [5, 5.41) is 8.04. The zero-order chi connectivity index (χ0) is 30.9. The van der Waals surface area contributed by atoms with Gasteiger partial charge in [0.25, 0.3) is 10.0 Å². The molecule has 0 fully saturated rings. The summed E-state index contributed by atoms with van der Waals surface area (Å²) in [5.41, 5.74) is 3.88. The van der Waals surface area contributed by atoms with Gasteiger partial charge in [-0.2, -0.15) is 12.5 Å². The molecule has 0 spiro atoms. The number of hydrogen-bond donors (Lipinski definition) is 1. The van der Waals surface area contributed by atoms with Gasteiger partial charge in [-0.1, -0.05) is 84.4 Å². The zero-order valence-corrected chi connectivity index (χ0v) is 25.8. The van der Waals surface area contributed by atoms with Crippen molar-refractivity contribution in [2.24, 2.45) is 0 Å². The summed E-state index contributed by atoms with van der Waals surface area (Å²) in [4.78, 5) is 0.156. The number of methoxy groups -OCH3 is 3. The average molecular weight is 608 g/mol. The van der Waals surface area contributed by atoms with Crippen LogP contribution in [0.5, 0.6) is 17.2 Å². The van der Waals surface area contributed by atoms with Gasteiger partial charge in [-0.05, 0) is 42.8 Å². The van der Waals surface area contributed by atoms with Gasteiger partial charge in [-0.15, -0.1) is 5.10 Å². The van der Waals surface area contributed by atoms with E-state index in [1.165, 1.54) is 4.09 Å². The number of benzene rings is 4. The predicted octanol–water partition coefficient (Wildman–Crippen LogP) is 6.75. The van der Waals surface area contributed by atoms with Crippen molar-refractivity contribution in [2.45, 2.75) is 23.7 Å². The van der Waals surface area contributed by atoms with E-state index in [0.29, 0.717) is 34.3 Å². The molecule has 1 aromatic heterocycles. The van der Waals surface area contributed by atoms with E-state index in [-0.39, 0.29) is 11.3 Å². The zero-order valence-electron chi connectivity index (χ0n) is 24.9. The van der Waals surface area contributed by atoms with Crippen LogP contribution in [-0.2, 0) is 21.9 Å². The van der Waals surface area contributed by atoms with Crippen molar-refractivity contribution in [3.8, 4) is 17.2 Å². The van der Waals surface area contributed by atoms with E-state index in [2.05, 4.69) is 11.4 Å². The molecule has 0 aliphatic heterocycles. The number of nitrogens with zero attached hydrogens (tertiary/aromatic N) is 2.